The number of thiol groups is 1. The molecule has 202 valence electrons. The van der Waals surface area contributed by atoms with E-state index in [9.17, 15) is 19.2 Å². The van der Waals surface area contributed by atoms with E-state index in [1.165, 1.54) is 4.90 Å². The second-order valence-corrected chi connectivity index (χ2v) is 10.3. The highest BCUT2D eigenvalue weighted by Gasteiger charge is 2.42. The van der Waals surface area contributed by atoms with Gasteiger partial charge in [0.25, 0.3) is 0 Å². The molecule has 3 amide bonds. The molecule has 0 spiro atoms. The molecular weight excluding hydrogens is 482 g/mol. The highest BCUT2D eigenvalue weighted by molar-refractivity contribution is 7.80. The van der Waals surface area contributed by atoms with Crippen molar-refractivity contribution in [2.45, 2.75) is 84.5 Å². The molecule has 1 aromatic carbocycles. The average molecular weight is 524 g/mol. The lowest BCUT2D eigenvalue weighted by Crippen LogP contribution is -2.60. The molecule has 9 nitrogen and oxygen atoms in total. The fourth-order valence-corrected chi connectivity index (χ4v) is 3.67. The lowest BCUT2D eigenvalue weighted by molar-refractivity contribution is -0.149. The predicted molar refractivity (Wildman–Crippen MR) is 142 cm³/mol. The number of esters is 1. The third-order valence-electron chi connectivity index (χ3n) is 5.48. The van der Waals surface area contributed by atoms with Gasteiger partial charge in [-0.1, -0.05) is 37.3 Å². The lowest BCUT2D eigenvalue weighted by atomic mass is 9.92. The van der Waals surface area contributed by atoms with Crippen LogP contribution in [0.2, 0.25) is 0 Å². The molecule has 10 heteroatoms. The van der Waals surface area contributed by atoms with Crippen molar-refractivity contribution < 1.29 is 28.7 Å². The molecule has 0 saturated carbocycles. The van der Waals surface area contributed by atoms with Crippen molar-refractivity contribution in [2.24, 2.45) is 0 Å². The van der Waals surface area contributed by atoms with Crippen molar-refractivity contribution in [3.05, 3.63) is 35.9 Å². The van der Waals surface area contributed by atoms with Crippen LogP contribution in [-0.4, -0.2) is 64.9 Å². The van der Waals surface area contributed by atoms with Crippen molar-refractivity contribution in [3.8, 4) is 0 Å². The van der Waals surface area contributed by atoms with Crippen LogP contribution in [0.4, 0.5) is 4.79 Å². The summed E-state index contributed by atoms with van der Waals surface area (Å²) in [7, 11) is 0. The molecule has 2 N–H and O–H groups in total. The fourth-order valence-electron chi connectivity index (χ4n) is 3.42. The Bertz CT molecular complexity index is 885. The van der Waals surface area contributed by atoms with Crippen molar-refractivity contribution in [1.29, 1.82) is 0 Å². The first-order valence-electron chi connectivity index (χ1n) is 12.2. The predicted octanol–water partition coefficient (Wildman–Crippen LogP) is 3.64. The van der Waals surface area contributed by atoms with Gasteiger partial charge in [-0.3, -0.25) is 14.4 Å². The Morgan fingerprint density at radius 2 is 1.64 bits per heavy atom. The van der Waals surface area contributed by atoms with E-state index in [4.69, 9.17) is 9.47 Å². The van der Waals surface area contributed by atoms with Gasteiger partial charge in [0, 0.05) is 17.8 Å². The summed E-state index contributed by atoms with van der Waals surface area (Å²) in [6.07, 6.45) is -0.213. The minimum atomic E-state index is -1.03. The smallest absolute Gasteiger partial charge is 0.408 e. The highest BCUT2D eigenvalue weighted by atomic mass is 32.1. The first kappa shape index (κ1) is 31.3. The van der Waals surface area contributed by atoms with Crippen LogP contribution >= 0.6 is 12.6 Å². The summed E-state index contributed by atoms with van der Waals surface area (Å²) in [6.45, 7) is 12.8. The second-order valence-electron chi connectivity index (χ2n) is 9.91. The van der Waals surface area contributed by atoms with Crippen LogP contribution in [0.5, 0.6) is 0 Å². The van der Waals surface area contributed by atoms with Crippen LogP contribution in [0.15, 0.2) is 30.3 Å². The van der Waals surface area contributed by atoms with Crippen LogP contribution in [0.1, 0.15) is 72.9 Å². The zero-order chi connectivity index (χ0) is 27.5. The second kappa shape index (κ2) is 14.1. The number of benzene rings is 1. The molecule has 2 unspecified atom stereocenters. The third-order valence-corrected chi connectivity index (χ3v) is 5.85. The molecule has 36 heavy (non-hydrogen) atoms. The summed E-state index contributed by atoms with van der Waals surface area (Å²) in [5, 5.41) is 5.36. The molecule has 0 fully saturated rings. The number of hydrogen-bond acceptors (Lipinski definition) is 7. The molecule has 2 atom stereocenters. The lowest BCUT2D eigenvalue weighted by Gasteiger charge is -2.44. The molecule has 0 aliphatic heterocycles. The van der Waals surface area contributed by atoms with Gasteiger partial charge < -0.3 is 25.0 Å². The van der Waals surface area contributed by atoms with Gasteiger partial charge in [-0.05, 0) is 53.5 Å². The number of hydrogen-bond donors (Lipinski definition) is 3. The average Bonchev–Trinajstić information content (AvgIpc) is 2.79. The quantitative estimate of drug-likeness (QED) is 0.285. The third kappa shape index (κ3) is 9.72. The zero-order valence-corrected chi connectivity index (χ0v) is 23.3. The monoisotopic (exact) mass is 523 g/mol. The minimum Gasteiger partial charge on any atom is -0.466 e. The van der Waals surface area contributed by atoms with Crippen molar-refractivity contribution >= 4 is 36.5 Å². The zero-order valence-electron chi connectivity index (χ0n) is 22.4. The number of nitrogens with one attached hydrogen (secondary N) is 2. The summed E-state index contributed by atoms with van der Waals surface area (Å²) in [6, 6.07) is 6.86. The van der Waals surface area contributed by atoms with E-state index < -0.39 is 47.1 Å². The topological polar surface area (TPSA) is 114 Å². The summed E-state index contributed by atoms with van der Waals surface area (Å²) < 4.78 is 10.3. The van der Waals surface area contributed by atoms with Crippen LogP contribution in [0.25, 0.3) is 0 Å². The maximum Gasteiger partial charge on any atom is 0.408 e. The maximum absolute atomic E-state index is 13.9. The van der Waals surface area contributed by atoms with Crippen LogP contribution < -0.4 is 10.6 Å². The molecule has 0 aliphatic rings. The van der Waals surface area contributed by atoms with E-state index in [0.29, 0.717) is 12.0 Å². The molecule has 0 bridgehead atoms. The Balaban J connectivity index is 3.37. The van der Waals surface area contributed by atoms with Gasteiger partial charge in [0.05, 0.1) is 13.0 Å². The normalized spacial score (nSPS) is 13.2. The number of nitrogens with zero attached hydrogens (tertiary/aromatic N) is 1. The SMILES string of the molecule is CCOC(=O)CCNC(=O)C(c1ccccc1)N(C(=O)C(CS)NC(=O)OC(C)(C)C)C(C)(C)CC. The first-order valence-corrected chi connectivity index (χ1v) is 12.8. The maximum atomic E-state index is 13.9. The fraction of sp³-hybridized carbons (Fsp3) is 0.615. The van der Waals surface area contributed by atoms with Gasteiger partial charge in [0.1, 0.15) is 17.7 Å². The van der Waals surface area contributed by atoms with E-state index in [2.05, 4.69) is 23.3 Å². The van der Waals surface area contributed by atoms with Gasteiger partial charge in [-0.15, -0.1) is 0 Å². The van der Waals surface area contributed by atoms with Crippen LogP contribution in [-0.2, 0) is 23.9 Å². The van der Waals surface area contributed by atoms with Gasteiger partial charge >= 0.3 is 12.1 Å². The van der Waals surface area contributed by atoms with Crippen molar-refractivity contribution in [1.82, 2.24) is 15.5 Å². The van der Waals surface area contributed by atoms with Crippen molar-refractivity contribution in [2.75, 3.05) is 18.9 Å². The molecule has 0 radical (unpaired) electrons. The highest BCUT2D eigenvalue weighted by Crippen LogP contribution is 2.32. The number of carbonyl (C=O) groups is 4. The molecular formula is C26H41N3O6S. The van der Waals surface area contributed by atoms with Crippen LogP contribution in [0.3, 0.4) is 0 Å². The standard InChI is InChI=1S/C26H41N3O6S/c1-8-26(6,7)29(23(32)19(17-36)28-24(33)35-25(3,4)5)21(18-13-11-10-12-14-18)22(31)27-16-15-20(30)34-9-2/h10-14,19,21,36H,8-9,15-17H2,1-7H3,(H,27,31)(H,28,33). The van der Waals surface area contributed by atoms with Gasteiger partial charge in [0.2, 0.25) is 11.8 Å². The number of ether oxygens (including phenoxy) is 2. The van der Waals surface area contributed by atoms with Crippen LogP contribution in [0, 0.1) is 0 Å². The summed E-state index contributed by atoms with van der Waals surface area (Å²) in [5.74, 6) is -1.35. The van der Waals surface area contributed by atoms with E-state index in [0.717, 1.165) is 0 Å². The summed E-state index contributed by atoms with van der Waals surface area (Å²) in [5.41, 5.74) is -0.925. The first-order chi connectivity index (χ1) is 16.8. The number of amides is 3. The van der Waals surface area contributed by atoms with E-state index in [1.807, 2.05) is 26.8 Å². The number of alkyl carbamates (subject to hydrolysis) is 1. The number of carbonyl (C=O) groups excluding carboxylic acids is 4. The molecule has 1 aromatic rings. The Morgan fingerprint density at radius 3 is 2.14 bits per heavy atom. The molecule has 0 aliphatic carbocycles. The number of rotatable bonds is 12. The molecule has 0 saturated heterocycles. The summed E-state index contributed by atoms with van der Waals surface area (Å²) in [4.78, 5) is 53.1. The largest absolute Gasteiger partial charge is 0.466 e. The molecule has 0 heterocycles. The Kier molecular flexibility index (Phi) is 12.3. The Morgan fingerprint density at radius 1 is 1.03 bits per heavy atom. The van der Waals surface area contributed by atoms with E-state index >= 15 is 0 Å². The van der Waals surface area contributed by atoms with Crippen molar-refractivity contribution in [3.63, 3.8) is 0 Å². The van der Waals surface area contributed by atoms with Gasteiger partial charge in [-0.2, -0.15) is 12.6 Å². The Hall–Kier alpha value is -2.75. The minimum absolute atomic E-state index is 0.000355. The molecule has 1 rings (SSSR count). The van der Waals surface area contributed by atoms with Gasteiger partial charge in [-0.25, -0.2) is 4.79 Å². The van der Waals surface area contributed by atoms with Gasteiger partial charge in [0.15, 0.2) is 0 Å². The van der Waals surface area contributed by atoms with E-state index in [-0.39, 0.29) is 25.3 Å². The van der Waals surface area contributed by atoms with E-state index in [1.54, 1.807) is 52.0 Å². The Labute approximate surface area is 220 Å². The summed E-state index contributed by atoms with van der Waals surface area (Å²) >= 11 is 4.30. The molecule has 0 aromatic heterocycles.